The molecule has 8 heteroatoms. The number of diazo groups is 1. The van der Waals surface area contributed by atoms with E-state index in [0.29, 0.717) is 0 Å². The van der Waals surface area contributed by atoms with Gasteiger partial charge in [0.25, 0.3) is 0 Å². The van der Waals surface area contributed by atoms with E-state index in [0.717, 1.165) is 0 Å². The largest absolute Gasteiger partial charge is 0.548 e. The second kappa shape index (κ2) is 7.23. The molecule has 0 atom stereocenters. The molecule has 0 amide bonds. The van der Waals surface area contributed by atoms with Crippen molar-refractivity contribution in [2.45, 2.75) is 20.8 Å². The smallest absolute Gasteiger partial charge is 0.475 e. The van der Waals surface area contributed by atoms with Crippen LogP contribution in [0.25, 0.3) is 4.98 Å². The van der Waals surface area contributed by atoms with E-state index in [9.17, 15) is 9.67 Å². The number of aliphatic hydroxyl groups excluding tert-OH is 1. The molecule has 0 aliphatic heterocycles. The lowest BCUT2D eigenvalue weighted by Crippen LogP contribution is -2.01. The van der Waals surface area contributed by atoms with Crippen molar-refractivity contribution in [1.82, 2.24) is 0 Å². The van der Waals surface area contributed by atoms with Gasteiger partial charge in [0.2, 0.25) is 5.39 Å². The zero-order valence-electron chi connectivity index (χ0n) is 9.54. The van der Waals surface area contributed by atoms with Gasteiger partial charge in [-0.3, -0.25) is 0 Å². The average molecular weight is 251 g/mol. The summed E-state index contributed by atoms with van der Waals surface area (Å²) in [6.45, 7) is 5.09. The Hall–Kier alpha value is -1.09. The van der Waals surface area contributed by atoms with E-state index < -0.39 is 19.0 Å². The summed E-state index contributed by atoms with van der Waals surface area (Å²) in [4.78, 5) is 2.71. The summed E-state index contributed by atoms with van der Waals surface area (Å²) in [7, 11) is -3.83. The maximum absolute atomic E-state index is 12.1. The first-order valence-electron chi connectivity index (χ1n) is 4.86. The number of rotatable bonds is 7. The van der Waals surface area contributed by atoms with Gasteiger partial charge in [-0.2, -0.15) is 0 Å². The summed E-state index contributed by atoms with van der Waals surface area (Å²) >= 11 is 0. The lowest BCUT2D eigenvalue weighted by atomic mass is 10.8. The highest BCUT2D eigenvalue weighted by Crippen LogP contribution is 2.57. The Balaban J connectivity index is 5.24. The average Bonchev–Trinajstić information content (AvgIpc) is 2.19. The highest BCUT2D eigenvalue weighted by molar-refractivity contribution is 7.58. The third kappa shape index (κ3) is 3.81. The Kier molecular flexibility index (Phi) is 6.74. The SMILES string of the molecule is CCO/C(O)=C(\[N+]#N)P(=O)(OCC)OCC. The van der Waals surface area contributed by atoms with E-state index in [1.54, 1.807) is 20.8 Å². The maximum atomic E-state index is 12.1. The van der Waals surface area contributed by atoms with Gasteiger partial charge in [-0.15, -0.1) is 0 Å². The summed E-state index contributed by atoms with van der Waals surface area (Å²) in [5.41, 5.74) is -0.627. The minimum Gasteiger partial charge on any atom is -0.475 e. The molecule has 0 aromatic rings. The van der Waals surface area contributed by atoms with Gasteiger partial charge in [0.15, 0.2) is 4.98 Å². The van der Waals surface area contributed by atoms with E-state index in [1.165, 1.54) is 0 Å². The molecule has 16 heavy (non-hydrogen) atoms. The van der Waals surface area contributed by atoms with Gasteiger partial charge >= 0.3 is 19.0 Å². The van der Waals surface area contributed by atoms with Crippen molar-refractivity contribution in [3.8, 4) is 0 Å². The van der Waals surface area contributed by atoms with E-state index in [4.69, 9.17) is 14.4 Å². The predicted molar refractivity (Wildman–Crippen MR) is 57.2 cm³/mol. The van der Waals surface area contributed by atoms with Gasteiger partial charge in [0.1, 0.15) is 0 Å². The van der Waals surface area contributed by atoms with Crippen molar-refractivity contribution in [3.05, 3.63) is 16.4 Å². The molecular formula is C8H16N2O5P+. The molecule has 7 nitrogen and oxygen atoms in total. The Morgan fingerprint density at radius 2 is 1.75 bits per heavy atom. The van der Waals surface area contributed by atoms with Gasteiger partial charge < -0.3 is 18.9 Å². The second-order valence-corrected chi connectivity index (χ2v) is 4.43. The van der Waals surface area contributed by atoms with E-state index in [1.807, 2.05) is 0 Å². The summed E-state index contributed by atoms with van der Waals surface area (Å²) in [6, 6.07) is 0. The molecule has 0 heterocycles. The van der Waals surface area contributed by atoms with Gasteiger partial charge in [-0.1, -0.05) is 0 Å². The molecule has 92 valence electrons. The topological polar surface area (TPSA) is 93.1 Å². The lowest BCUT2D eigenvalue weighted by molar-refractivity contribution is 0.0989. The van der Waals surface area contributed by atoms with Crippen LogP contribution in [0.3, 0.4) is 0 Å². The normalized spacial score (nSPS) is 12.9. The minimum atomic E-state index is -3.83. The van der Waals surface area contributed by atoms with E-state index in [2.05, 4.69) is 9.71 Å². The third-order valence-electron chi connectivity index (χ3n) is 1.42. The molecule has 0 aliphatic carbocycles. The maximum Gasteiger partial charge on any atom is 0.548 e. The molecule has 0 bridgehead atoms. The quantitative estimate of drug-likeness (QED) is 0.424. The van der Waals surface area contributed by atoms with Crippen LogP contribution in [0.2, 0.25) is 0 Å². The van der Waals surface area contributed by atoms with Crippen LogP contribution in [0, 0.1) is 5.39 Å². The van der Waals surface area contributed by atoms with E-state index >= 15 is 0 Å². The van der Waals surface area contributed by atoms with Crippen LogP contribution in [-0.2, 0) is 18.3 Å². The minimum absolute atomic E-state index is 0.0791. The van der Waals surface area contributed by atoms with Crippen LogP contribution in [0.1, 0.15) is 20.8 Å². The van der Waals surface area contributed by atoms with Crippen LogP contribution in [-0.4, -0.2) is 24.9 Å². The molecular weight excluding hydrogens is 235 g/mol. The first kappa shape index (κ1) is 14.9. The molecule has 0 spiro atoms. The summed E-state index contributed by atoms with van der Waals surface area (Å²) in [5, 5.41) is 18.1. The Labute approximate surface area is 94.2 Å². The van der Waals surface area contributed by atoms with Crippen molar-refractivity contribution in [2.24, 2.45) is 0 Å². The van der Waals surface area contributed by atoms with Gasteiger partial charge in [0, 0.05) is 0 Å². The molecule has 0 unspecified atom stereocenters. The zero-order chi connectivity index (χ0) is 12.6. The third-order valence-corrected chi connectivity index (χ3v) is 3.42. The molecule has 1 N–H and O–H groups in total. The van der Waals surface area contributed by atoms with Crippen LogP contribution in [0.4, 0.5) is 0 Å². The van der Waals surface area contributed by atoms with Gasteiger partial charge in [-0.05, 0) is 20.8 Å². The Morgan fingerprint density at radius 3 is 2.06 bits per heavy atom. The molecule has 0 aliphatic rings. The zero-order valence-corrected chi connectivity index (χ0v) is 10.4. The molecule has 0 aromatic heterocycles. The van der Waals surface area contributed by atoms with Crippen molar-refractivity contribution >= 4 is 7.60 Å². The fraction of sp³-hybridized carbons (Fsp3) is 0.750. The number of ether oxygens (including phenoxy) is 1. The number of nitrogens with zero attached hydrogens (tertiary/aromatic N) is 2. The summed E-state index contributed by atoms with van der Waals surface area (Å²) in [5.74, 6) is -0.768. The first-order chi connectivity index (χ1) is 7.55. The number of hydrogen-bond donors (Lipinski definition) is 1. The van der Waals surface area contributed by atoms with Crippen molar-refractivity contribution < 1.29 is 23.5 Å². The van der Waals surface area contributed by atoms with Crippen molar-refractivity contribution in [1.29, 1.82) is 5.39 Å². The van der Waals surface area contributed by atoms with Crippen molar-refractivity contribution in [2.75, 3.05) is 19.8 Å². The monoisotopic (exact) mass is 251 g/mol. The van der Waals surface area contributed by atoms with Crippen LogP contribution < -0.4 is 0 Å². The van der Waals surface area contributed by atoms with Crippen LogP contribution in [0.15, 0.2) is 11.4 Å². The molecule has 0 saturated heterocycles. The lowest BCUT2D eigenvalue weighted by Gasteiger charge is -2.10. The van der Waals surface area contributed by atoms with Gasteiger partial charge in [0.05, 0.1) is 19.8 Å². The summed E-state index contributed by atoms with van der Waals surface area (Å²) < 4.78 is 26.5. The standard InChI is InChI=1S/C8H15N2O5P/c1-4-13-8(11)7(10-9)16(12,14-5-2)15-6-3/h4-6H2,1-3H3/p+1. The highest BCUT2D eigenvalue weighted by Gasteiger charge is 2.47. The first-order valence-corrected chi connectivity index (χ1v) is 6.40. The van der Waals surface area contributed by atoms with Crippen LogP contribution >= 0.6 is 7.60 Å². The highest BCUT2D eigenvalue weighted by atomic mass is 31.2. The molecule has 0 radical (unpaired) electrons. The molecule has 0 rings (SSSR count). The predicted octanol–water partition coefficient (Wildman–Crippen LogP) is 2.83. The summed E-state index contributed by atoms with van der Waals surface area (Å²) in [6.07, 6.45) is 0. The van der Waals surface area contributed by atoms with Gasteiger partial charge in [-0.25, -0.2) is 4.57 Å². The second-order valence-electron chi connectivity index (χ2n) is 2.49. The van der Waals surface area contributed by atoms with E-state index in [-0.39, 0.29) is 19.8 Å². The Bertz CT molecular complexity index is 326. The fourth-order valence-corrected chi connectivity index (χ4v) is 2.32. The Morgan fingerprint density at radius 1 is 1.25 bits per heavy atom. The van der Waals surface area contributed by atoms with Crippen LogP contribution in [0.5, 0.6) is 0 Å². The number of hydrogen-bond acceptors (Lipinski definition) is 6. The molecule has 0 saturated carbocycles. The van der Waals surface area contributed by atoms with Crippen molar-refractivity contribution in [3.63, 3.8) is 0 Å². The fourth-order valence-electron chi connectivity index (χ4n) is 0.915. The molecule has 0 fully saturated rings. The number of aliphatic hydroxyl groups is 1. The molecule has 0 aromatic carbocycles.